The van der Waals surface area contributed by atoms with Crippen molar-refractivity contribution in [2.75, 3.05) is 38.7 Å². The number of carbonyl (C=O) groups is 1. The molecule has 0 unspecified atom stereocenters. The number of alkyl halides is 3. The number of pyridine rings is 1. The Morgan fingerprint density at radius 2 is 1.88 bits per heavy atom. The smallest absolute Gasteiger partial charge is 0.478 e. The van der Waals surface area contributed by atoms with Crippen molar-refractivity contribution in [3.63, 3.8) is 0 Å². The molecule has 0 amide bonds. The van der Waals surface area contributed by atoms with Crippen LogP contribution in [0.3, 0.4) is 0 Å². The standard InChI is InChI=1S/C27H27ClF3N5O5/c1-32-26-34-15-19-18-6-5-17(25(37)38)13-21(18)35-24(23(19)36-26)40-11-10-39-9-3-2-8-33-14-16-4-7-22(20(28)12-16)41-27(29,30)31/h4-7,12-13,15,33H,2-3,8-11,14H2,1H3,(H,37,38)(H,32,34,36). The van der Waals surface area contributed by atoms with Crippen LogP contribution in [-0.2, 0) is 11.3 Å². The van der Waals surface area contributed by atoms with Crippen LogP contribution in [0.5, 0.6) is 11.6 Å². The number of anilines is 1. The van der Waals surface area contributed by atoms with Crippen molar-refractivity contribution in [1.82, 2.24) is 20.3 Å². The van der Waals surface area contributed by atoms with Crippen LogP contribution in [0, 0.1) is 0 Å². The lowest BCUT2D eigenvalue weighted by atomic mass is 10.1. The number of ether oxygens (including phenoxy) is 3. The summed E-state index contributed by atoms with van der Waals surface area (Å²) >= 11 is 5.87. The molecule has 0 radical (unpaired) electrons. The van der Waals surface area contributed by atoms with E-state index in [1.165, 1.54) is 30.3 Å². The van der Waals surface area contributed by atoms with E-state index in [0.29, 0.717) is 54.1 Å². The fraction of sp³-hybridized carbons (Fsp3) is 0.333. The fourth-order valence-electron chi connectivity index (χ4n) is 3.96. The molecule has 0 atom stereocenters. The van der Waals surface area contributed by atoms with Crippen LogP contribution in [0.1, 0.15) is 28.8 Å². The summed E-state index contributed by atoms with van der Waals surface area (Å²) in [6.45, 7) is 2.13. The molecule has 14 heteroatoms. The Morgan fingerprint density at radius 3 is 2.61 bits per heavy atom. The van der Waals surface area contributed by atoms with E-state index in [-0.39, 0.29) is 23.1 Å². The highest BCUT2D eigenvalue weighted by Crippen LogP contribution is 2.31. The minimum atomic E-state index is -4.79. The van der Waals surface area contributed by atoms with Gasteiger partial charge in [-0.25, -0.2) is 19.7 Å². The summed E-state index contributed by atoms with van der Waals surface area (Å²) < 4.78 is 52.4. The molecule has 2 aromatic heterocycles. The van der Waals surface area contributed by atoms with Crippen LogP contribution >= 0.6 is 11.6 Å². The maximum atomic E-state index is 12.3. The van der Waals surface area contributed by atoms with Crippen molar-refractivity contribution in [3.05, 3.63) is 58.7 Å². The molecule has 0 aliphatic carbocycles. The number of aromatic carboxylic acids is 1. The monoisotopic (exact) mass is 593 g/mol. The Balaban J connectivity index is 1.21. The van der Waals surface area contributed by atoms with Gasteiger partial charge < -0.3 is 30.0 Å². The third kappa shape index (κ3) is 8.28. The Hall–Kier alpha value is -3.94. The molecule has 10 nitrogen and oxygen atoms in total. The number of halogens is 4. The number of benzene rings is 2. The maximum absolute atomic E-state index is 12.3. The topological polar surface area (TPSA) is 128 Å². The van der Waals surface area contributed by atoms with Crippen molar-refractivity contribution in [2.45, 2.75) is 25.7 Å². The summed E-state index contributed by atoms with van der Waals surface area (Å²) in [4.78, 5) is 24.6. The Bertz CT molecular complexity index is 1520. The number of carboxylic acid groups (broad SMARTS) is 1. The highest BCUT2D eigenvalue weighted by molar-refractivity contribution is 6.32. The van der Waals surface area contributed by atoms with E-state index >= 15 is 0 Å². The minimum absolute atomic E-state index is 0.107. The van der Waals surface area contributed by atoms with Crippen LogP contribution in [0.4, 0.5) is 19.1 Å². The first-order valence-electron chi connectivity index (χ1n) is 12.6. The van der Waals surface area contributed by atoms with Crippen LogP contribution in [0.15, 0.2) is 42.6 Å². The molecule has 4 rings (SSSR count). The van der Waals surface area contributed by atoms with Crippen molar-refractivity contribution < 1.29 is 37.3 Å². The molecular weight excluding hydrogens is 567 g/mol. The molecule has 0 bridgehead atoms. The summed E-state index contributed by atoms with van der Waals surface area (Å²) in [5.74, 6) is -0.845. The van der Waals surface area contributed by atoms with Gasteiger partial charge in [0.2, 0.25) is 11.8 Å². The second-order valence-electron chi connectivity index (χ2n) is 8.82. The SMILES string of the molecule is CNc1ncc2c(n1)c(OCCOCCCCNCc1ccc(OC(F)(F)F)c(Cl)c1)nc1cc(C(=O)O)ccc12. The highest BCUT2D eigenvalue weighted by atomic mass is 35.5. The third-order valence-electron chi connectivity index (χ3n) is 5.88. The highest BCUT2D eigenvalue weighted by Gasteiger charge is 2.32. The van der Waals surface area contributed by atoms with Gasteiger partial charge in [-0.3, -0.25) is 0 Å². The Morgan fingerprint density at radius 1 is 1.05 bits per heavy atom. The number of unbranched alkanes of at least 4 members (excludes halogenated alkanes) is 1. The van der Waals surface area contributed by atoms with E-state index in [2.05, 4.69) is 30.3 Å². The summed E-state index contributed by atoms with van der Waals surface area (Å²) in [5.41, 5.74) is 1.79. The van der Waals surface area contributed by atoms with Gasteiger partial charge in [-0.2, -0.15) is 0 Å². The molecule has 2 aromatic carbocycles. The van der Waals surface area contributed by atoms with E-state index in [1.54, 1.807) is 19.3 Å². The minimum Gasteiger partial charge on any atom is -0.478 e. The largest absolute Gasteiger partial charge is 0.573 e. The second kappa shape index (κ2) is 13.6. The van der Waals surface area contributed by atoms with E-state index in [1.807, 2.05) is 0 Å². The molecule has 0 spiro atoms. The number of hydrogen-bond donors (Lipinski definition) is 3. The van der Waals surface area contributed by atoms with Gasteiger partial charge in [0.1, 0.15) is 17.9 Å². The molecule has 0 aliphatic heterocycles. The first-order valence-corrected chi connectivity index (χ1v) is 13.0. The Labute approximate surface area is 237 Å². The van der Waals surface area contributed by atoms with Crippen molar-refractivity contribution in [3.8, 4) is 11.6 Å². The summed E-state index contributed by atoms with van der Waals surface area (Å²) in [6, 6.07) is 8.81. The van der Waals surface area contributed by atoms with Crippen molar-refractivity contribution in [1.29, 1.82) is 0 Å². The zero-order valence-corrected chi connectivity index (χ0v) is 22.7. The van der Waals surface area contributed by atoms with Gasteiger partial charge in [0.05, 0.1) is 22.7 Å². The van der Waals surface area contributed by atoms with Crippen molar-refractivity contribution in [2.24, 2.45) is 0 Å². The lowest BCUT2D eigenvalue weighted by Gasteiger charge is -2.12. The molecule has 0 saturated heterocycles. The van der Waals surface area contributed by atoms with E-state index in [4.69, 9.17) is 21.1 Å². The molecule has 2 heterocycles. The molecular formula is C27H27ClF3N5O5. The summed E-state index contributed by atoms with van der Waals surface area (Å²) in [6.07, 6.45) is -1.56. The zero-order chi connectivity index (χ0) is 29.4. The van der Waals surface area contributed by atoms with Gasteiger partial charge in [-0.15, -0.1) is 13.2 Å². The molecule has 4 aromatic rings. The van der Waals surface area contributed by atoms with Crippen LogP contribution in [-0.4, -0.2) is 65.8 Å². The van der Waals surface area contributed by atoms with Gasteiger partial charge >= 0.3 is 12.3 Å². The normalized spacial score (nSPS) is 11.6. The van der Waals surface area contributed by atoms with Crippen LogP contribution in [0.2, 0.25) is 5.02 Å². The zero-order valence-electron chi connectivity index (χ0n) is 21.9. The predicted octanol–water partition coefficient (Wildman–Crippen LogP) is 5.44. The molecule has 41 heavy (non-hydrogen) atoms. The summed E-state index contributed by atoms with van der Waals surface area (Å²) in [7, 11) is 1.70. The number of nitrogens with one attached hydrogen (secondary N) is 2. The number of aromatic nitrogens is 3. The van der Waals surface area contributed by atoms with Gasteiger partial charge in [-0.1, -0.05) is 23.7 Å². The Kier molecular flexibility index (Phi) is 9.97. The molecule has 0 fully saturated rings. The number of hydrogen-bond acceptors (Lipinski definition) is 9. The van der Waals surface area contributed by atoms with Crippen molar-refractivity contribution >= 4 is 45.3 Å². The van der Waals surface area contributed by atoms with Gasteiger partial charge in [0.15, 0.2) is 0 Å². The van der Waals surface area contributed by atoms with Crippen LogP contribution in [0.25, 0.3) is 21.8 Å². The lowest BCUT2D eigenvalue weighted by molar-refractivity contribution is -0.274. The number of carboxylic acids is 1. The van der Waals surface area contributed by atoms with Gasteiger partial charge in [0.25, 0.3) is 0 Å². The number of fused-ring (bicyclic) bond motifs is 3. The molecule has 0 saturated carbocycles. The fourth-order valence-corrected chi connectivity index (χ4v) is 4.20. The molecule has 218 valence electrons. The average molecular weight is 594 g/mol. The van der Waals surface area contributed by atoms with Gasteiger partial charge in [-0.05, 0) is 49.2 Å². The second-order valence-corrected chi connectivity index (χ2v) is 9.22. The predicted molar refractivity (Wildman–Crippen MR) is 147 cm³/mol. The first kappa shape index (κ1) is 30.0. The maximum Gasteiger partial charge on any atom is 0.573 e. The van der Waals surface area contributed by atoms with E-state index in [9.17, 15) is 23.1 Å². The molecule has 0 aliphatic rings. The summed E-state index contributed by atoms with van der Waals surface area (Å²) in [5, 5.41) is 16.7. The number of nitrogens with zero attached hydrogens (tertiary/aromatic N) is 3. The quantitative estimate of drug-likeness (QED) is 0.128. The van der Waals surface area contributed by atoms with Crippen LogP contribution < -0.4 is 20.1 Å². The lowest BCUT2D eigenvalue weighted by Crippen LogP contribution is -2.18. The molecule has 3 N–H and O–H groups in total. The van der Waals surface area contributed by atoms with Gasteiger partial charge in [0, 0.05) is 37.2 Å². The third-order valence-corrected chi connectivity index (χ3v) is 6.18. The van der Waals surface area contributed by atoms with E-state index in [0.717, 1.165) is 18.4 Å². The number of rotatable bonds is 14. The first-order chi connectivity index (χ1) is 19.6. The average Bonchev–Trinajstić information content (AvgIpc) is 2.94. The van der Waals surface area contributed by atoms with E-state index < -0.39 is 18.1 Å².